The minimum atomic E-state index is -3.13. The Hall–Kier alpha value is -0.660. The molecule has 0 N–H and O–H groups in total. The number of hydrogen-bond acceptors (Lipinski definition) is 4. The number of nitrogens with zero attached hydrogens (tertiary/aromatic N) is 2. The van der Waals surface area contributed by atoms with Crippen LogP contribution in [0.5, 0.6) is 0 Å². The molecule has 1 saturated heterocycles. The number of hydrogen-bond donors (Lipinski definition) is 0. The zero-order valence-electron chi connectivity index (χ0n) is 12.5. The van der Waals surface area contributed by atoms with Crippen molar-refractivity contribution in [2.24, 2.45) is 11.3 Å². The highest BCUT2D eigenvalue weighted by Crippen LogP contribution is 2.49. The molecule has 0 spiro atoms. The van der Waals surface area contributed by atoms with Crippen molar-refractivity contribution < 1.29 is 17.9 Å². The van der Waals surface area contributed by atoms with Gasteiger partial charge in [-0.15, -0.1) is 0 Å². The highest BCUT2D eigenvalue weighted by molar-refractivity contribution is 7.88. The van der Waals surface area contributed by atoms with Gasteiger partial charge in [0.2, 0.25) is 15.9 Å². The first-order chi connectivity index (χ1) is 9.24. The Bertz CT molecular complexity index is 477. The SMILES string of the molecule is CN(C)C(=O)COC[C@]12CCC[C@H]1CN(S(C)(=O)=O)C2. The zero-order valence-corrected chi connectivity index (χ0v) is 13.3. The summed E-state index contributed by atoms with van der Waals surface area (Å²) >= 11 is 0. The molecule has 1 saturated carbocycles. The van der Waals surface area contributed by atoms with Gasteiger partial charge in [0, 0.05) is 32.6 Å². The van der Waals surface area contributed by atoms with Gasteiger partial charge in [0.05, 0.1) is 12.9 Å². The average Bonchev–Trinajstić information content (AvgIpc) is 2.84. The maximum Gasteiger partial charge on any atom is 0.248 e. The molecule has 1 amide bonds. The second kappa shape index (κ2) is 5.61. The minimum absolute atomic E-state index is 0.0612. The molecule has 0 aromatic rings. The first-order valence-electron chi connectivity index (χ1n) is 6.98. The normalized spacial score (nSPS) is 30.4. The van der Waals surface area contributed by atoms with Gasteiger partial charge < -0.3 is 9.64 Å². The van der Waals surface area contributed by atoms with Crippen LogP contribution in [-0.2, 0) is 19.6 Å². The van der Waals surface area contributed by atoms with Crippen molar-refractivity contribution in [2.45, 2.75) is 19.3 Å². The van der Waals surface area contributed by atoms with Crippen LogP contribution in [0, 0.1) is 11.3 Å². The smallest absolute Gasteiger partial charge is 0.248 e. The molecule has 6 nitrogen and oxygen atoms in total. The van der Waals surface area contributed by atoms with Crippen molar-refractivity contribution in [2.75, 3.05) is 46.7 Å². The van der Waals surface area contributed by atoms with Crippen LogP contribution in [0.4, 0.5) is 0 Å². The number of carbonyl (C=O) groups excluding carboxylic acids is 1. The van der Waals surface area contributed by atoms with Gasteiger partial charge in [-0.2, -0.15) is 0 Å². The van der Waals surface area contributed by atoms with E-state index in [0.717, 1.165) is 19.3 Å². The fourth-order valence-corrected chi connectivity index (χ4v) is 4.27. The largest absolute Gasteiger partial charge is 0.371 e. The lowest BCUT2D eigenvalue weighted by Crippen LogP contribution is -2.36. The summed E-state index contributed by atoms with van der Waals surface area (Å²) in [5, 5.41) is 0. The summed E-state index contributed by atoms with van der Waals surface area (Å²) in [6.45, 7) is 1.68. The molecule has 2 atom stereocenters. The Labute approximate surface area is 121 Å². The van der Waals surface area contributed by atoms with Crippen molar-refractivity contribution in [3.63, 3.8) is 0 Å². The topological polar surface area (TPSA) is 66.9 Å². The molecule has 0 unspecified atom stereocenters. The van der Waals surface area contributed by atoms with Crippen molar-refractivity contribution in [1.29, 1.82) is 0 Å². The standard InChI is InChI=1S/C13H24N2O4S/c1-14(2)12(16)8-19-10-13-6-4-5-11(13)7-15(9-13)20(3,17)18/h11H,4-10H2,1-3H3/t11-,13+/m0/s1. The van der Waals surface area contributed by atoms with Gasteiger partial charge in [-0.25, -0.2) is 12.7 Å². The van der Waals surface area contributed by atoms with Crippen LogP contribution in [0.25, 0.3) is 0 Å². The van der Waals surface area contributed by atoms with Gasteiger partial charge in [0.25, 0.3) is 0 Å². The lowest BCUT2D eigenvalue weighted by molar-refractivity contribution is -0.134. The number of rotatable bonds is 5. The van der Waals surface area contributed by atoms with Crippen LogP contribution in [0.15, 0.2) is 0 Å². The summed E-state index contributed by atoms with van der Waals surface area (Å²) in [6, 6.07) is 0. The molecule has 2 aliphatic rings. The van der Waals surface area contributed by atoms with Gasteiger partial charge in [-0.1, -0.05) is 6.42 Å². The van der Waals surface area contributed by atoms with E-state index in [1.54, 1.807) is 18.4 Å². The third-order valence-corrected chi connectivity index (χ3v) is 5.81. The highest BCUT2D eigenvalue weighted by Gasteiger charge is 2.51. The summed E-state index contributed by atoms with van der Waals surface area (Å²) < 4.78 is 30.6. The summed E-state index contributed by atoms with van der Waals surface area (Å²) in [7, 11) is 0.261. The fourth-order valence-electron chi connectivity index (χ4n) is 3.32. The van der Waals surface area contributed by atoms with E-state index in [4.69, 9.17) is 4.74 Å². The van der Waals surface area contributed by atoms with Crippen LogP contribution in [0.2, 0.25) is 0 Å². The Morgan fingerprint density at radius 3 is 2.75 bits per heavy atom. The number of carbonyl (C=O) groups is 1. The van der Waals surface area contributed by atoms with E-state index in [9.17, 15) is 13.2 Å². The minimum Gasteiger partial charge on any atom is -0.371 e. The second-order valence-electron chi connectivity index (χ2n) is 6.29. The van der Waals surface area contributed by atoms with Crippen LogP contribution < -0.4 is 0 Å². The predicted octanol–water partition coefficient (Wildman–Crippen LogP) is 0.153. The maximum atomic E-state index is 11.7. The molecular formula is C13H24N2O4S. The van der Waals surface area contributed by atoms with Gasteiger partial charge in [0.15, 0.2) is 0 Å². The molecule has 1 aliphatic carbocycles. The molecule has 0 aromatic carbocycles. The zero-order chi connectivity index (χ0) is 15.0. The van der Waals surface area contributed by atoms with Gasteiger partial charge in [-0.05, 0) is 18.8 Å². The molecule has 2 rings (SSSR count). The van der Waals surface area contributed by atoms with E-state index >= 15 is 0 Å². The van der Waals surface area contributed by atoms with E-state index in [2.05, 4.69) is 0 Å². The maximum absolute atomic E-state index is 11.7. The molecule has 0 radical (unpaired) electrons. The molecule has 0 aromatic heterocycles. The molecule has 2 fully saturated rings. The van der Waals surface area contributed by atoms with E-state index in [-0.39, 0.29) is 17.9 Å². The lowest BCUT2D eigenvalue weighted by Gasteiger charge is -2.28. The van der Waals surface area contributed by atoms with Crippen molar-refractivity contribution in [3.05, 3.63) is 0 Å². The lowest BCUT2D eigenvalue weighted by atomic mass is 9.82. The molecule has 1 aliphatic heterocycles. The van der Waals surface area contributed by atoms with Gasteiger partial charge in [0.1, 0.15) is 6.61 Å². The summed E-state index contributed by atoms with van der Waals surface area (Å²) in [4.78, 5) is 13.0. The van der Waals surface area contributed by atoms with E-state index in [1.807, 2.05) is 0 Å². The Morgan fingerprint density at radius 2 is 2.15 bits per heavy atom. The van der Waals surface area contributed by atoms with Crippen LogP contribution in [0.1, 0.15) is 19.3 Å². The second-order valence-corrected chi connectivity index (χ2v) is 8.27. The number of ether oxygens (including phenoxy) is 1. The summed E-state index contributed by atoms with van der Waals surface area (Å²) in [6.07, 6.45) is 4.42. The first kappa shape index (κ1) is 15.7. The van der Waals surface area contributed by atoms with Crippen molar-refractivity contribution in [1.82, 2.24) is 9.21 Å². The predicted molar refractivity (Wildman–Crippen MR) is 75.7 cm³/mol. The third-order valence-electron chi connectivity index (χ3n) is 4.59. The fraction of sp³-hybridized carbons (Fsp3) is 0.923. The van der Waals surface area contributed by atoms with Gasteiger partial charge >= 0.3 is 0 Å². The number of sulfonamides is 1. The monoisotopic (exact) mass is 304 g/mol. The quantitative estimate of drug-likeness (QED) is 0.725. The number of fused-ring (bicyclic) bond motifs is 1. The number of likely N-dealkylation sites (N-methyl/N-ethyl adjacent to an activating group) is 1. The third kappa shape index (κ3) is 3.15. The van der Waals surface area contributed by atoms with Crippen LogP contribution >= 0.6 is 0 Å². The molecule has 7 heteroatoms. The average molecular weight is 304 g/mol. The van der Waals surface area contributed by atoms with Crippen LogP contribution in [0.3, 0.4) is 0 Å². The summed E-state index contributed by atoms with van der Waals surface area (Å²) in [5.74, 6) is 0.306. The van der Waals surface area contributed by atoms with Gasteiger partial charge in [-0.3, -0.25) is 4.79 Å². The Kier molecular flexibility index (Phi) is 4.41. The summed E-state index contributed by atoms with van der Waals surface area (Å²) in [5.41, 5.74) is -0.0876. The highest BCUT2D eigenvalue weighted by atomic mass is 32.2. The molecule has 0 bridgehead atoms. The van der Waals surface area contributed by atoms with E-state index < -0.39 is 10.0 Å². The Balaban J connectivity index is 1.96. The Morgan fingerprint density at radius 1 is 1.45 bits per heavy atom. The molecule has 116 valence electrons. The van der Waals surface area contributed by atoms with Crippen molar-refractivity contribution >= 4 is 15.9 Å². The van der Waals surface area contributed by atoms with Crippen LogP contribution in [-0.4, -0.2) is 70.2 Å². The molecular weight excluding hydrogens is 280 g/mol. The molecule has 20 heavy (non-hydrogen) atoms. The molecule has 1 heterocycles. The first-order valence-corrected chi connectivity index (χ1v) is 8.82. The van der Waals surface area contributed by atoms with E-state index in [0.29, 0.717) is 25.6 Å². The van der Waals surface area contributed by atoms with Crippen molar-refractivity contribution in [3.8, 4) is 0 Å². The number of amides is 1. The van der Waals surface area contributed by atoms with E-state index in [1.165, 1.54) is 11.2 Å².